The summed E-state index contributed by atoms with van der Waals surface area (Å²) in [7, 11) is 1.89. The molecule has 146 valence electrons. The maximum absolute atomic E-state index is 12.7. The molecule has 1 N–H and O–H groups in total. The first-order valence-electron chi connectivity index (χ1n) is 9.54. The Bertz CT molecular complexity index is 766. The molecule has 0 radical (unpaired) electrons. The van der Waals surface area contributed by atoms with E-state index in [1.807, 2.05) is 46.0 Å². The zero-order valence-corrected chi connectivity index (χ0v) is 16.6. The molecule has 0 aliphatic carbocycles. The first-order valence-corrected chi connectivity index (χ1v) is 9.54. The highest BCUT2D eigenvalue weighted by molar-refractivity contribution is 5.95. The van der Waals surface area contributed by atoms with Gasteiger partial charge in [-0.05, 0) is 58.7 Å². The minimum atomic E-state index is -0.165. The Balaban J connectivity index is 1.47. The van der Waals surface area contributed by atoms with E-state index in [4.69, 9.17) is 4.74 Å². The summed E-state index contributed by atoms with van der Waals surface area (Å²) in [6, 6.07) is 5.52. The van der Waals surface area contributed by atoms with E-state index in [-0.39, 0.29) is 11.9 Å². The van der Waals surface area contributed by atoms with E-state index in [2.05, 4.69) is 20.3 Å². The first-order chi connectivity index (χ1) is 13.0. The summed E-state index contributed by atoms with van der Waals surface area (Å²) in [6.07, 6.45) is 3.79. The second-order valence-electron chi connectivity index (χ2n) is 7.29. The van der Waals surface area contributed by atoms with Crippen LogP contribution in [0, 0.1) is 19.8 Å². The van der Waals surface area contributed by atoms with Crippen molar-refractivity contribution in [3.8, 4) is 5.88 Å². The van der Waals surface area contributed by atoms with Gasteiger partial charge in [-0.1, -0.05) is 6.07 Å². The predicted octanol–water partition coefficient (Wildman–Crippen LogP) is 2.55. The lowest BCUT2D eigenvalue weighted by molar-refractivity contribution is -0.121. The average Bonchev–Trinajstić information content (AvgIpc) is 2.93. The Kier molecular flexibility index (Phi) is 6.11. The smallest absolute Gasteiger partial charge is 0.241 e. The third-order valence-corrected chi connectivity index (χ3v) is 5.44. The molecule has 0 saturated carbocycles. The Morgan fingerprint density at radius 1 is 1.33 bits per heavy atom. The summed E-state index contributed by atoms with van der Waals surface area (Å²) < 4.78 is 7.57. The Morgan fingerprint density at radius 3 is 2.67 bits per heavy atom. The maximum atomic E-state index is 12.7. The Labute approximate surface area is 160 Å². The molecule has 2 aromatic rings. The van der Waals surface area contributed by atoms with Gasteiger partial charge in [-0.3, -0.25) is 14.4 Å². The van der Waals surface area contributed by atoms with Crippen LogP contribution in [0.1, 0.15) is 31.2 Å². The number of aromatic nitrogens is 3. The van der Waals surface area contributed by atoms with Crippen LogP contribution < -0.4 is 10.1 Å². The molecule has 3 rings (SSSR count). The monoisotopic (exact) mass is 371 g/mol. The molecule has 2 aromatic heterocycles. The van der Waals surface area contributed by atoms with Crippen molar-refractivity contribution < 1.29 is 9.53 Å². The van der Waals surface area contributed by atoms with E-state index in [0.29, 0.717) is 18.4 Å². The number of hydrogen-bond acceptors (Lipinski definition) is 5. The minimum absolute atomic E-state index is 0.0254. The van der Waals surface area contributed by atoms with Gasteiger partial charge in [-0.25, -0.2) is 4.98 Å². The summed E-state index contributed by atoms with van der Waals surface area (Å²) in [6.45, 7) is 8.33. The first kappa shape index (κ1) is 19.4. The van der Waals surface area contributed by atoms with E-state index in [1.54, 1.807) is 10.9 Å². The van der Waals surface area contributed by atoms with Gasteiger partial charge in [0.1, 0.15) is 0 Å². The van der Waals surface area contributed by atoms with Crippen molar-refractivity contribution in [2.75, 3.05) is 25.0 Å². The topological polar surface area (TPSA) is 72.3 Å². The van der Waals surface area contributed by atoms with Gasteiger partial charge in [-0.2, -0.15) is 5.10 Å². The Hall–Kier alpha value is -2.41. The van der Waals surface area contributed by atoms with Crippen molar-refractivity contribution in [3.05, 3.63) is 35.8 Å². The number of aryl methyl sites for hydroxylation is 2. The Morgan fingerprint density at radius 2 is 2.07 bits per heavy atom. The number of pyridine rings is 1. The van der Waals surface area contributed by atoms with Gasteiger partial charge in [0.25, 0.3) is 0 Å². The lowest BCUT2D eigenvalue weighted by Crippen LogP contribution is -2.46. The van der Waals surface area contributed by atoms with E-state index in [0.717, 1.165) is 43.0 Å². The second-order valence-corrected chi connectivity index (χ2v) is 7.29. The number of ether oxygens (including phenoxy) is 1. The zero-order chi connectivity index (χ0) is 19.4. The normalized spacial score (nSPS) is 16.9. The van der Waals surface area contributed by atoms with Gasteiger partial charge < -0.3 is 10.1 Å². The highest BCUT2D eigenvalue weighted by Gasteiger charge is 2.27. The van der Waals surface area contributed by atoms with Crippen LogP contribution in [0.2, 0.25) is 0 Å². The number of hydrogen-bond donors (Lipinski definition) is 1. The van der Waals surface area contributed by atoms with Crippen molar-refractivity contribution in [1.29, 1.82) is 0 Å². The third kappa shape index (κ3) is 4.66. The molecule has 1 atom stereocenters. The number of nitrogens with one attached hydrogen (secondary N) is 1. The number of carbonyl (C=O) groups is 1. The number of rotatable bonds is 6. The van der Waals surface area contributed by atoms with Crippen LogP contribution in [-0.4, -0.2) is 51.3 Å². The molecule has 27 heavy (non-hydrogen) atoms. The quantitative estimate of drug-likeness (QED) is 0.845. The summed E-state index contributed by atoms with van der Waals surface area (Å²) in [5, 5.41) is 7.42. The molecule has 7 heteroatoms. The summed E-state index contributed by atoms with van der Waals surface area (Å²) in [5.74, 6) is 1.20. The van der Waals surface area contributed by atoms with Crippen molar-refractivity contribution in [2.24, 2.45) is 13.0 Å². The maximum Gasteiger partial charge on any atom is 0.241 e. The highest BCUT2D eigenvalue weighted by atomic mass is 16.5. The largest absolute Gasteiger partial charge is 0.477 e. The van der Waals surface area contributed by atoms with Gasteiger partial charge in [0, 0.05) is 19.3 Å². The molecule has 7 nitrogen and oxygen atoms in total. The van der Waals surface area contributed by atoms with Crippen LogP contribution in [0.3, 0.4) is 0 Å². The van der Waals surface area contributed by atoms with E-state index < -0.39 is 0 Å². The fourth-order valence-corrected chi connectivity index (χ4v) is 3.49. The van der Waals surface area contributed by atoms with Crippen molar-refractivity contribution in [3.63, 3.8) is 0 Å². The van der Waals surface area contributed by atoms with Gasteiger partial charge >= 0.3 is 0 Å². The van der Waals surface area contributed by atoms with Crippen LogP contribution in [0.25, 0.3) is 0 Å². The van der Waals surface area contributed by atoms with Crippen LogP contribution in [0.5, 0.6) is 5.88 Å². The van der Waals surface area contributed by atoms with E-state index in [1.165, 1.54) is 0 Å². The third-order valence-electron chi connectivity index (χ3n) is 5.44. The molecule has 1 aliphatic rings. The zero-order valence-electron chi connectivity index (χ0n) is 16.6. The number of piperidine rings is 1. The van der Waals surface area contributed by atoms with Crippen LogP contribution in [-0.2, 0) is 11.8 Å². The number of amides is 1. The standard InChI is InChI=1S/C20H29N5O2/c1-14-19(15(2)24(4)23-14)22-20(26)16(3)25-11-8-17(9-12-25)13-27-18-7-5-6-10-21-18/h5-7,10,16-17H,8-9,11-13H2,1-4H3,(H,22,26)/t16-/m1/s1. The lowest BCUT2D eigenvalue weighted by atomic mass is 9.96. The van der Waals surface area contributed by atoms with E-state index in [9.17, 15) is 4.79 Å². The molecule has 0 spiro atoms. The molecule has 0 aromatic carbocycles. The molecular weight excluding hydrogens is 342 g/mol. The van der Waals surface area contributed by atoms with Crippen molar-refractivity contribution >= 4 is 11.6 Å². The number of nitrogens with zero attached hydrogens (tertiary/aromatic N) is 4. The molecule has 1 aliphatic heterocycles. The second kappa shape index (κ2) is 8.52. The number of anilines is 1. The minimum Gasteiger partial charge on any atom is -0.477 e. The highest BCUT2D eigenvalue weighted by Crippen LogP contribution is 2.22. The van der Waals surface area contributed by atoms with Crippen LogP contribution in [0.4, 0.5) is 5.69 Å². The molecule has 1 fully saturated rings. The summed E-state index contributed by atoms with van der Waals surface area (Å²) >= 11 is 0. The van der Waals surface area contributed by atoms with Crippen molar-refractivity contribution in [1.82, 2.24) is 19.7 Å². The molecule has 1 amide bonds. The molecule has 1 saturated heterocycles. The average molecular weight is 371 g/mol. The number of carbonyl (C=O) groups excluding carboxylic acids is 1. The van der Waals surface area contributed by atoms with E-state index >= 15 is 0 Å². The van der Waals surface area contributed by atoms with Crippen LogP contribution in [0.15, 0.2) is 24.4 Å². The number of likely N-dealkylation sites (tertiary alicyclic amines) is 1. The van der Waals surface area contributed by atoms with Gasteiger partial charge in [-0.15, -0.1) is 0 Å². The molecule has 0 bridgehead atoms. The summed E-state index contributed by atoms with van der Waals surface area (Å²) in [4.78, 5) is 19.1. The fourth-order valence-electron chi connectivity index (χ4n) is 3.49. The van der Waals surface area contributed by atoms with Gasteiger partial charge in [0.15, 0.2) is 0 Å². The lowest BCUT2D eigenvalue weighted by Gasteiger charge is -2.35. The van der Waals surface area contributed by atoms with Gasteiger partial charge in [0.05, 0.1) is 29.7 Å². The molecule has 0 unspecified atom stereocenters. The van der Waals surface area contributed by atoms with Crippen LogP contribution >= 0.6 is 0 Å². The summed E-state index contributed by atoms with van der Waals surface area (Å²) in [5.41, 5.74) is 2.65. The van der Waals surface area contributed by atoms with Gasteiger partial charge in [0.2, 0.25) is 11.8 Å². The molecular formula is C20H29N5O2. The predicted molar refractivity (Wildman–Crippen MR) is 105 cm³/mol. The molecule has 3 heterocycles. The van der Waals surface area contributed by atoms with Crippen molar-refractivity contribution in [2.45, 2.75) is 39.7 Å². The fraction of sp³-hybridized carbons (Fsp3) is 0.550. The SMILES string of the molecule is Cc1nn(C)c(C)c1NC(=O)[C@@H](C)N1CCC(COc2ccccn2)CC1.